The molecule has 5 heteroatoms. The number of amides is 2. The first-order chi connectivity index (χ1) is 11.1. The summed E-state index contributed by atoms with van der Waals surface area (Å²) in [5.41, 5.74) is 0.198. The van der Waals surface area contributed by atoms with Gasteiger partial charge in [-0.25, -0.2) is 9.29 Å². The summed E-state index contributed by atoms with van der Waals surface area (Å²) in [5.74, 6) is 0.644. The van der Waals surface area contributed by atoms with Gasteiger partial charge in [-0.15, -0.1) is 0 Å². The van der Waals surface area contributed by atoms with Crippen LogP contribution < -0.4 is 4.90 Å². The summed E-state index contributed by atoms with van der Waals surface area (Å²) in [4.78, 5) is 27.0. The van der Waals surface area contributed by atoms with E-state index in [9.17, 15) is 14.0 Å². The molecule has 0 N–H and O–H groups in total. The maximum atomic E-state index is 13.5. The van der Waals surface area contributed by atoms with Gasteiger partial charge in [0.15, 0.2) is 0 Å². The maximum Gasteiger partial charge on any atom is 0.237 e. The summed E-state index contributed by atoms with van der Waals surface area (Å²) < 4.78 is 13.5. The topological polar surface area (TPSA) is 61.2 Å². The Morgan fingerprint density at radius 2 is 1.65 bits per heavy atom. The summed E-state index contributed by atoms with van der Waals surface area (Å²) in [6.07, 6.45) is 3.28. The molecule has 1 saturated heterocycles. The highest BCUT2D eigenvalue weighted by molar-refractivity contribution is 6.22. The first kappa shape index (κ1) is 13.2. The quantitative estimate of drug-likeness (QED) is 0.749. The molecule has 5 fully saturated rings. The molecule has 6 rings (SSSR count). The second kappa shape index (κ2) is 4.19. The van der Waals surface area contributed by atoms with Gasteiger partial charge in [0.1, 0.15) is 11.9 Å². The number of hydrogen-bond acceptors (Lipinski definition) is 3. The summed E-state index contributed by atoms with van der Waals surface area (Å²) in [6, 6.07) is 5.66. The summed E-state index contributed by atoms with van der Waals surface area (Å²) in [5, 5.41) is 8.98. The Labute approximate surface area is 132 Å². The van der Waals surface area contributed by atoms with E-state index in [0.29, 0.717) is 29.4 Å². The van der Waals surface area contributed by atoms with E-state index >= 15 is 0 Å². The summed E-state index contributed by atoms with van der Waals surface area (Å²) in [6.45, 7) is 0. The van der Waals surface area contributed by atoms with Crippen LogP contribution in [0.5, 0.6) is 0 Å². The lowest BCUT2D eigenvalue weighted by Gasteiger charge is -2.42. The zero-order valence-electron chi connectivity index (χ0n) is 12.4. The zero-order valence-corrected chi connectivity index (χ0v) is 12.4. The summed E-state index contributed by atoms with van der Waals surface area (Å²) in [7, 11) is 0. The molecule has 6 atom stereocenters. The first-order valence-corrected chi connectivity index (χ1v) is 8.19. The second-order valence-electron chi connectivity index (χ2n) is 7.31. The van der Waals surface area contributed by atoms with Crippen molar-refractivity contribution in [3.05, 3.63) is 29.6 Å². The van der Waals surface area contributed by atoms with E-state index in [0.717, 1.165) is 18.9 Å². The van der Waals surface area contributed by atoms with Crippen LogP contribution in [-0.4, -0.2) is 11.8 Å². The van der Waals surface area contributed by atoms with E-state index in [4.69, 9.17) is 5.26 Å². The molecule has 1 aromatic carbocycles. The van der Waals surface area contributed by atoms with Crippen LogP contribution in [0.25, 0.3) is 0 Å². The highest BCUT2D eigenvalue weighted by Crippen LogP contribution is 2.68. The largest absolute Gasteiger partial charge is 0.274 e. The Kier molecular flexibility index (Phi) is 2.41. The van der Waals surface area contributed by atoms with E-state index in [-0.39, 0.29) is 29.2 Å². The monoisotopic (exact) mass is 310 g/mol. The maximum absolute atomic E-state index is 13.5. The van der Waals surface area contributed by atoms with Gasteiger partial charge in [-0.05, 0) is 61.1 Å². The number of fused-ring (bicyclic) bond motifs is 1. The molecule has 2 bridgehead atoms. The summed E-state index contributed by atoms with van der Waals surface area (Å²) >= 11 is 0. The highest BCUT2D eigenvalue weighted by Gasteiger charge is 2.68. The van der Waals surface area contributed by atoms with Crippen molar-refractivity contribution in [3.8, 4) is 6.07 Å². The number of hydrogen-bond donors (Lipinski definition) is 0. The van der Waals surface area contributed by atoms with E-state index in [1.165, 1.54) is 23.5 Å². The number of anilines is 1. The molecular formula is C18H15FN2O2. The third-order valence-electron chi connectivity index (χ3n) is 6.47. The SMILES string of the molecule is N#Cc1cc(N2C(=O)C3C4CCC(C5CC54)C3C2=O)ccc1F. The molecule has 4 saturated carbocycles. The lowest BCUT2D eigenvalue weighted by molar-refractivity contribution is -0.129. The average Bonchev–Trinajstić information content (AvgIpc) is 3.33. The number of nitrogens with zero attached hydrogens (tertiary/aromatic N) is 2. The molecule has 4 nitrogen and oxygen atoms in total. The van der Waals surface area contributed by atoms with E-state index in [2.05, 4.69) is 0 Å². The number of carbonyl (C=O) groups is 2. The van der Waals surface area contributed by atoms with E-state index < -0.39 is 5.82 Å². The molecule has 6 unspecified atom stereocenters. The molecular weight excluding hydrogens is 295 g/mol. The van der Waals surface area contributed by atoms with Gasteiger partial charge < -0.3 is 0 Å². The predicted molar refractivity (Wildman–Crippen MR) is 78.4 cm³/mol. The first-order valence-electron chi connectivity index (χ1n) is 8.19. The third kappa shape index (κ3) is 1.54. The minimum atomic E-state index is -0.630. The van der Waals surface area contributed by atoms with Crippen LogP contribution in [0.4, 0.5) is 10.1 Å². The fourth-order valence-corrected chi connectivity index (χ4v) is 5.53. The van der Waals surface area contributed by atoms with Gasteiger partial charge in [-0.1, -0.05) is 0 Å². The minimum absolute atomic E-state index is 0.135. The molecule has 23 heavy (non-hydrogen) atoms. The molecule has 0 radical (unpaired) electrons. The van der Waals surface area contributed by atoms with Gasteiger partial charge >= 0.3 is 0 Å². The van der Waals surface area contributed by atoms with Crippen molar-refractivity contribution in [2.45, 2.75) is 19.3 Å². The predicted octanol–water partition coefficient (Wildman–Crippen LogP) is 2.48. The van der Waals surface area contributed by atoms with Crippen molar-refractivity contribution < 1.29 is 14.0 Å². The normalized spacial score (nSPS) is 39.9. The standard InChI is InChI=1S/C18H15FN2O2/c19-14-4-1-9(5-8(14)7-20)21-17(22)15-10-2-3-11(13-6-12(10)13)16(15)18(21)23/h1,4-5,10-13,15-16H,2-3,6H2. The molecule has 116 valence electrons. The van der Waals surface area contributed by atoms with Crippen LogP contribution in [0.15, 0.2) is 18.2 Å². The van der Waals surface area contributed by atoms with Crippen molar-refractivity contribution in [3.63, 3.8) is 0 Å². The van der Waals surface area contributed by atoms with Gasteiger partial charge in [0, 0.05) is 0 Å². The minimum Gasteiger partial charge on any atom is -0.274 e. The fourth-order valence-electron chi connectivity index (χ4n) is 5.53. The Bertz CT molecular complexity index is 765. The molecule has 5 aliphatic rings. The van der Waals surface area contributed by atoms with Crippen molar-refractivity contribution in [1.29, 1.82) is 5.26 Å². The number of rotatable bonds is 1. The Hall–Kier alpha value is -2.22. The molecule has 0 spiro atoms. The van der Waals surface area contributed by atoms with Crippen molar-refractivity contribution in [2.75, 3.05) is 4.90 Å². The number of benzene rings is 1. The Morgan fingerprint density at radius 3 is 2.22 bits per heavy atom. The van der Waals surface area contributed by atoms with Gasteiger partial charge in [0.2, 0.25) is 11.8 Å². The number of imide groups is 1. The molecule has 0 aromatic heterocycles. The van der Waals surface area contributed by atoms with Crippen molar-refractivity contribution in [2.24, 2.45) is 35.5 Å². The Morgan fingerprint density at radius 1 is 1.04 bits per heavy atom. The average molecular weight is 310 g/mol. The molecule has 1 aromatic rings. The zero-order chi connectivity index (χ0) is 15.9. The van der Waals surface area contributed by atoms with Crippen LogP contribution in [-0.2, 0) is 9.59 Å². The fraction of sp³-hybridized carbons (Fsp3) is 0.500. The van der Waals surface area contributed by atoms with Gasteiger partial charge in [-0.3, -0.25) is 9.59 Å². The highest BCUT2D eigenvalue weighted by atomic mass is 19.1. The molecule has 1 heterocycles. The van der Waals surface area contributed by atoms with Crippen LogP contribution >= 0.6 is 0 Å². The number of halogens is 1. The van der Waals surface area contributed by atoms with Crippen LogP contribution in [0.3, 0.4) is 0 Å². The van der Waals surface area contributed by atoms with E-state index in [1.807, 2.05) is 0 Å². The smallest absolute Gasteiger partial charge is 0.237 e. The molecule has 2 amide bonds. The van der Waals surface area contributed by atoms with Gasteiger partial charge in [0.25, 0.3) is 0 Å². The van der Waals surface area contributed by atoms with Crippen LogP contribution in [0.2, 0.25) is 0 Å². The third-order valence-corrected chi connectivity index (χ3v) is 6.47. The Balaban J connectivity index is 1.57. The number of carbonyl (C=O) groups excluding carboxylic acids is 2. The van der Waals surface area contributed by atoms with E-state index in [1.54, 1.807) is 6.07 Å². The van der Waals surface area contributed by atoms with Crippen LogP contribution in [0, 0.1) is 52.7 Å². The van der Waals surface area contributed by atoms with Crippen molar-refractivity contribution in [1.82, 2.24) is 0 Å². The molecule has 4 aliphatic carbocycles. The molecule has 1 aliphatic heterocycles. The number of nitriles is 1. The van der Waals surface area contributed by atoms with Gasteiger partial charge in [-0.2, -0.15) is 5.26 Å². The van der Waals surface area contributed by atoms with Crippen LogP contribution in [0.1, 0.15) is 24.8 Å². The van der Waals surface area contributed by atoms with Crippen molar-refractivity contribution >= 4 is 17.5 Å². The lowest BCUT2D eigenvalue weighted by atomic mass is 9.59. The lowest BCUT2D eigenvalue weighted by Crippen LogP contribution is -2.43. The second-order valence-corrected chi connectivity index (χ2v) is 7.31. The van der Waals surface area contributed by atoms with Gasteiger partial charge in [0.05, 0.1) is 23.1 Å².